The molecule has 1 unspecified atom stereocenters. The van der Waals surface area contributed by atoms with Gasteiger partial charge in [0.2, 0.25) is 0 Å². The van der Waals surface area contributed by atoms with Gasteiger partial charge in [-0.05, 0) is 13.0 Å². The van der Waals surface area contributed by atoms with Crippen LogP contribution in [0.15, 0.2) is 23.7 Å². The Labute approximate surface area is 74.8 Å². The third-order valence-electron chi connectivity index (χ3n) is 2.13. The van der Waals surface area contributed by atoms with Crippen LogP contribution >= 0.6 is 0 Å². The number of ether oxygens (including phenoxy) is 1. The summed E-state index contributed by atoms with van der Waals surface area (Å²) >= 11 is 0. The third kappa shape index (κ3) is 1.60. The first-order valence-electron chi connectivity index (χ1n) is 3.77. The Hall–Kier alpha value is -1.23. The number of halogens is 1. The van der Waals surface area contributed by atoms with Crippen molar-refractivity contribution in [3.05, 3.63) is 33.8 Å². The van der Waals surface area contributed by atoms with Gasteiger partial charge in [0, 0.05) is 13.5 Å². The van der Waals surface area contributed by atoms with Crippen LogP contribution in [-0.4, -0.2) is 17.6 Å². The maximum Gasteiger partial charge on any atom is 0.313 e. The third-order valence-corrected chi connectivity index (χ3v) is 2.13. The largest absolute Gasteiger partial charge is 0.367 e. The number of allylic oxidation sites excluding steroid dienone is 2. The molecule has 0 aliphatic heterocycles. The lowest BCUT2D eigenvalue weighted by molar-refractivity contribution is -0.446. The summed E-state index contributed by atoms with van der Waals surface area (Å²) in [7, 11) is 1.33. The van der Waals surface area contributed by atoms with E-state index in [1.54, 1.807) is 0 Å². The first kappa shape index (κ1) is 9.85. The lowest BCUT2D eigenvalue weighted by atomic mass is 9.93. The fourth-order valence-electron chi connectivity index (χ4n) is 1.28. The number of hydrogen-bond acceptors (Lipinski definition) is 3. The van der Waals surface area contributed by atoms with Crippen LogP contribution in [0.2, 0.25) is 0 Å². The average molecular weight is 187 g/mol. The first-order chi connectivity index (χ1) is 6.01. The molecule has 0 aromatic carbocycles. The van der Waals surface area contributed by atoms with Gasteiger partial charge in [0.05, 0.1) is 4.92 Å². The van der Waals surface area contributed by atoms with Crippen LogP contribution in [-0.2, 0) is 4.74 Å². The molecule has 1 atom stereocenters. The van der Waals surface area contributed by atoms with Crippen molar-refractivity contribution in [3.63, 3.8) is 0 Å². The Morgan fingerprint density at radius 2 is 2.38 bits per heavy atom. The molecule has 0 saturated heterocycles. The zero-order valence-electron chi connectivity index (χ0n) is 7.41. The highest BCUT2D eigenvalue weighted by Gasteiger charge is 2.42. The van der Waals surface area contributed by atoms with Gasteiger partial charge < -0.3 is 4.74 Å². The monoisotopic (exact) mass is 187 g/mol. The van der Waals surface area contributed by atoms with E-state index in [1.165, 1.54) is 20.1 Å². The Bertz CT molecular complexity index is 298. The second kappa shape index (κ2) is 3.26. The smallest absolute Gasteiger partial charge is 0.313 e. The molecular weight excluding hydrogens is 177 g/mol. The maximum atomic E-state index is 13.1. The summed E-state index contributed by atoms with van der Waals surface area (Å²) in [6.45, 7) is 1.49. The molecule has 0 bridgehead atoms. The van der Waals surface area contributed by atoms with Crippen molar-refractivity contribution >= 4 is 0 Å². The highest BCUT2D eigenvalue weighted by molar-refractivity contribution is 5.27. The van der Waals surface area contributed by atoms with Crippen molar-refractivity contribution in [2.75, 3.05) is 7.11 Å². The molecule has 0 spiro atoms. The lowest BCUT2D eigenvalue weighted by Crippen LogP contribution is -2.35. The second-order valence-electron chi connectivity index (χ2n) is 3.00. The molecule has 0 saturated carbocycles. The van der Waals surface area contributed by atoms with E-state index < -0.39 is 22.0 Å². The Morgan fingerprint density at radius 1 is 1.77 bits per heavy atom. The fourth-order valence-corrected chi connectivity index (χ4v) is 1.28. The predicted molar refractivity (Wildman–Crippen MR) is 44.3 cm³/mol. The number of nitro groups is 1. The van der Waals surface area contributed by atoms with Gasteiger partial charge in [-0.2, -0.15) is 4.39 Å². The average Bonchev–Trinajstić information content (AvgIpc) is 2.03. The van der Waals surface area contributed by atoms with E-state index in [-0.39, 0.29) is 0 Å². The zero-order valence-corrected chi connectivity index (χ0v) is 7.41. The fraction of sp³-hybridized carbons (Fsp3) is 0.500. The van der Waals surface area contributed by atoms with Crippen molar-refractivity contribution in [3.8, 4) is 0 Å². The van der Waals surface area contributed by atoms with Crippen molar-refractivity contribution in [1.82, 2.24) is 0 Å². The molecule has 0 N–H and O–H groups in total. The summed E-state index contributed by atoms with van der Waals surface area (Å²) in [5, 5.41) is 10.5. The van der Waals surface area contributed by atoms with Crippen molar-refractivity contribution in [1.29, 1.82) is 0 Å². The molecule has 1 aliphatic rings. The van der Waals surface area contributed by atoms with Crippen LogP contribution in [0.3, 0.4) is 0 Å². The lowest BCUT2D eigenvalue weighted by Gasteiger charge is -2.25. The second-order valence-corrected chi connectivity index (χ2v) is 3.00. The summed E-state index contributed by atoms with van der Waals surface area (Å²) in [4.78, 5) is 9.80. The van der Waals surface area contributed by atoms with Crippen molar-refractivity contribution in [2.24, 2.45) is 0 Å². The van der Waals surface area contributed by atoms with Crippen LogP contribution in [0.4, 0.5) is 4.39 Å². The molecule has 0 amide bonds. The Kier molecular flexibility index (Phi) is 2.47. The number of rotatable bonds is 2. The normalized spacial score (nSPS) is 27.9. The predicted octanol–water partition coefficient (Wildman–Crippen LogP) is 1.81. The Balaban J connectivity index is 3.17. The van der Waals surface area contributed by atoms with E-state index in [9.17, 15) is 14.5 Å². The van der Waals surface area contributed by atoms with Gasteiger partial charge in [-0.3, -0.25) is 10.1 Å². The van der Waals surface area contributed by atoms with Crippen LogP contribution < -0.4 is 0 Å². The summed E-state index contributed by atoms with van der Waals surface area (Å²) in [6.07, 6.45) is 2.93. The number of nitrogens with zero attached hydrogens (tertiary/aromatic N) is 1. The topological polar surface area (TPSA) is 52.4 Å². The molecule has 1 rings (SSSR count). The van der Waals surface area contributed by atoms with Gasteiger partial charge >= 0.3 is 5.70 Å². The van der Waals surface area contributed by atoms with E-state index >= 15 is 0 Å². The highest BCUT2D eigenvalue weighted by atomic mass is 19.1. The molecule has 0 radical (unpaired) electrons. The summed E-state index contributed by atoms with van der Waals surface area (Å²) < 4.78 is 18.0. The highest BCUT2D eigenvalue weighted by Crippen LogP contribution is 2.32. The van der Waals surface area contributed by atoms with Crippen molar-refractivity contribution < 1.29 is 14.1 Å². The van der Waals surface area contributed by atoms with Crippen LogP contribution in [0.25, 0.3) is 0 Å². The number of methoxy groups -OCH3 is 1. The van der Waals surface area contributed by atoms with E-state index in [0.717, 1.165) is 6.08 Å². The van der Waals surface area contributed by atoms with Gasteiger partial charge in [0.1, 0.15) is 0 Å². The van der Waals surface area contributed by atoms with Crippen LogP contribution in [0.1, 0.15) is 13.3 Å². The minimum atomic E-state index is -1.15. The molecule has 4 nitrogen and oxygen atoms in total. The first-order valence-corrected chi connectivity index (χ1v) is 3.77. The quantitative estimate of drug-likeness (QED) is 0.489. The molecule has 0 heterocycles. The molecule has 5 heteroatoms. The molecule has 0 aromatic rings. The SMILES string of the molecule is COC1(C)CC=CC(F)=C1[N+](=O)[O-]. The van der Waals surface area contributed by atoms with Gasteiger partial charge in [0.25, 0.3) is 0 Å². The molecule has 0 aromatic heterocycles. The Morgan fingerprint density at radius 3 is 2.77 bits per heavy atom. The minimum absolute atomic E-state index is 0.313. The van der Waals surface area contributed by atoms with Gasteiger partial charge in [0.15, 0.2) is 11.4 Å². The van der Waals surface area contributed by atoms with Gasteiger partial charge in [-0.15, -0.1) is 0 Å². The molecule has 0 fully saturated rings. The van der Waals surface area contributed by atoms with E-state index in [4.69, 9.17) is 4.74 Å². The van der Waals surface area contributed by atoms with E-state index in [1.807, 2.05) is 0 Å². The van der Waals surface area contributed by atoms with E-state index in [0.29, 0.717) is 6.42 Å². The van der Waals surface area contributed by atoms with Crippen LogP contribution in [0, 0.1) is 10.1 Å². The summed E-state index contributed by atoms with van der Waals surface area (Å²) in [5.41, 5.74) is -1.65. The van der Waals surface area contributed by atoms with Gasteiger partial charge in [-0.1, -0.05) is 6.08 Å². The molecule has 1 aliphatic carbocycles. The standard InChI is InChI=1S/C8H10FNO3/c1-8(13-2)5-3-4-6(9)7(8)10(11)12/h3-4H,5H2,1-2H3. The molecule has 72 valence electrons. The van der Waals surface area contributed by atoms with Crippen molar-refractivity contribution in [2.45, 2.75) is 18.9 Å². The van der Waals surface area contributed by atoms with Crippen LogP contribution in [0.5, 0.6) is 0 Å². The van der Waals surface area contributed by atoms with Gasteiger partial charge in [-0.25, -0.2) is 0 Å². The summed E-state index contributed by atoms with van der Waals surface area (Å²) in [6, 6.07) is 0. The number of hydrogen-bond donors (Lipinski definition) is 0. The maximum absolute atomic E-state index is 13.1. The summed E-state index contributed by atoms with van der Waals surface area (Å²) in [5.74, 6) is -0.833. The molecule has 13 heavy (non-hydrogen) atoms. The van der Waals surface area contributed by atoms with E-state index in [2.05, 4.69) is 0 Å². The minimum Gasteiger partial charge on any atom is -0.367 e. The molecular formula is C8H10FNO3. The zero-order chi connectivity index (χ0) is 10.1.